The van der Waals surface area contributed by atoms with Crippen LogP contribution in [0, 0.1) is 0 Å². The number of nitrogens with one attached hydrogen (secondary N) is 1. The lowest BCUT2D eigenvalue weighted by Crippen LogP contribution is -2.34. The predicted octanol–water partition coefficient (Wildman–Crippen LogP) is 1.53. The van der Waals surface area contributed by atoms with Crippen LogP contribution in [0.2, 0.25) is 0 Å². The summed E-state index contributed by atoms with van der Waals surface area (Å²) >= 11 is 0. The van der Waals surface area contributed by atoms with Gasteiger partial charge in [-0.25, -0.2) is 4.68 Å². The molecule has 4 nitrogen and oxygen atoms in total. The van der Waals surface area contributed by atoms with Gasteiger partial charge in [0.2, 0.25) is 0 Å². The SMILES string of the molecule is c1ccc(-n2cc(C3COCCN3)cn2)cc1. The summed E-state index contributed by atoms with van der Waals surface area (Å²) < 4.78 is 7.35. The Balaban J connectivity index is 1.83. The van der Waals surface area contributed by atoms with Crippen molar-refractivity contribution in [2.24, 2.45) is 0 Å². The Bertz CT molecular complexity index is 474. The first-order valence-electron chi connectivity index (χ1n) is 5.84. The lowest BCUT2D eigenvalue weighted by atomic mass is 10.1. The first-order valence-corrected chi connectivity index (χ1v) is 5.84. The van der Waals surface area contributed by atoms with Crippen LogP contribution >= 0.6 is 0 Å². The van der Waals surface area contributed by atoms with Crippen molar-refractivity contribution in [3.8, 4) is 5.69 Å². The molecule has 0 amide bonds. The molecule has 1 N–H and O–H groups in total. The molecule has 4 heteroatoms. The van der Waals surface area contributed by atoms with E-state index in [1.54, 1.807) is 0 Å². The van der Waals surface area contributed by atoms with Crippen LogP contribution in [0.4, 0.5) is 0 Å². The molecule has 2 aromatic rings. The summed E-state index contributed by atoms with van der Waals surface area (Å²) in [5.41, 5.74) is 2.25. The van der Waals surface area contributed by atoms with Crippen LogP contribution in [0.5, 0.6) is 0 Å². The van der Waals surface area contributed by atoms with Crippen molar-refractivity contribution in [2.75, 3.05) is 19.8 Å². The first-order chi connectivity index (χ1) is 8.43. The third-order valence-electron chi connectivity index (χ3n) is 2.95. The summed E-state index contributed by atoms with van der Waals surface area (Å²) in [6.07, 6.45) is 3.96. The van der Waals surface area contributed by atoms with E-state index in [4.69, 9.17) is 4.74 Å². The Morgan fingerprint density at radius 3 is 2.94 bits per heavy atom. The van der Waals surface area contributed by atoms with Crippen molar-refractivity contribution in [2.45, 2.75) is 6.04 Å². The Hall–Kier alpha value is -1.65. The fourth-order valence-electron chi connectivity index (χ4n) is 2.02. The highest BCUT2D eigenvalue weighted by molar-refractivity contribution is 5.31. The molecule has 2 heterocycles. The third kappa shape index (κ3) is 2.23. The van der Waals surface area contributed by atoms with Gasteiger partial charge < -0.3 is 10.1 Å². The molecule has 3 rings (SSSR count). The number of ether oxygens (including phenoxy) is 1. The van der Waals surface area contributed by atoms with Crippen molar-refractivity contribution in [1.82, 2.24) is 15.1 Å². The van der Waals surface area contributed by atoms with Gasteiger partial charge in [0, 0.05) is 18.3 Å². The molecule has 1 fully saturated rings. The summed E-state index contributed by atoms with van der Waals surface area (Å²) in [5, 5.41) is 7.80. The zero-order valence-electron chi connectivity index (χ0n) is 9.54. The lowest BCUT2D eigenvalue weighted by molar-refractivity contribution is 0.0769. The summed E-state index contributed by atoms with van der Waals surface area (Å²) in [4.78, 5) is 0. The molecule has 1 saturated heterocycles. The smallest absolute Gasteiger partial charge is 0.0663 e. The number of aromatic nitrogens is 2. The van der Waals surface area contributed by atoms with E-state index in [0.29, 0.717) is 0 Å². The molecule has 1 aromatic heterocycles. The Morgan fingerprint density at radius 1 is 1.29 bits per heavy atom. The quantitative estimate of drug-likeness (QED) is 0.849. The average Bonchev–Trinajstić information content (AvgIpc) is 2.90. The standard InChI is InChI=1S/C13H15N3O/c1-2-4-12(5-3-1)16-9-11(8-15-16)13-10-17-7-6-14-13/h1-5,8-9,13-14H,6-7,10H2. The second kappa shape index (κ2) is 4.69. The molecular formula is C13H15N3O. The zero-order valence-corrected chi connectivity index (χ0v) is 9.54. The minimum Gasteiger partial charge on any atom is -0.378 e. The summed E-state index contributed by atoms with van der Waals surface area (Å²) in [7, 11) is 0. The Labute approximate surface area is 100 Å². The zero-order chi connectivity index (χ0) is 11.5. The molecule has 88 valence electrons. The van der Waals surface area contributed by atoms with Crippen LogP contribution in [-0.2, 0) is 4.74 Å². The van der Waals surface area contributed by atoms with Gasteiger partial charge in [0.25, 0.3) is 0 Å². The van der Waals surface area contributed by atoms with Gasteiger partial charge in [-0.1, -0.05) is 18.2 Å². The highest BCUT2D eigenvalue weighted by Crippen LogP contribution is 2.16. The minimum absolute atomic E-state index is 0.265. The number of nitrogens with zero attached hydrogens (tertiary/aromatic N) is 2. The van der Waals surface area contributed by atoms with Gasteiger partial charge in [0.1, 0.15) is 0 Å². The second-order valence-corrected chi connectivity index (χ2v) is 4.14. The second-order valence-electron chi connectivity index (χ2n) is 4.14. The maximum atomic E-state index is 5.45. The normalized spacial score (nSPS) is 20.4. The van der Waals surface area contributed by atoms with Crippen molar-refractivity contribution in [3.05, 3.63) is 48.3 Å². The van der Waals surface area contributed by atoms with Crippen LogP contribution < -0.4 is 5.32 Å². The van der Waals surface area contributed by atoms with Gasteiger partial charge in [-0.05, 0) is 12.1 Å². The third-order valence-corrected chi connectivity index (χ3v) is 2.95. The van der Waals surface area contributed by atoms with Crippen LogP contribution in [0.3, 0.4) is 0 Å². The van der Waals surface area contributed by atoms with Crippen molar-refractivity contribution >= 4 is 0 Å². The number of morpholine rings is 1. The summed E-state index contributed by atoms with van der Waals surface area (Å²) in [6, 6.07) is 10.4. The monoisotopic (exact) mass is 229 g/mol. The molecule has 0 bridgehead atoms. The van der Waals surface area contributed by atoms with E-state index in [2.05, 4.69) is 16.6 Å². The highest BCUT2D eigenvalue weighted by atomic mass is 16.5. The molecule has 17 heavy (non-hydrogen) atoms. The molecular weight excluding hydrogens is 214 g/mol. The highest BCUT2D eigenvalue weighted by Gasteiger charge is 2.16. The predicted molar refractivity (Wildman–Crippen MR) is 65.1 cm³/mol. The fourth-order valence-corrected chi connectivity index (χ4v) is 2.02. The average molecular weight is 229 g/mol. The van der Waals surface area contributed by atoms with E-state index in [1.165, 1.54) is 5.56 Å². The van der Waals surface area contributed by atoms with E-state index in [9.17, 15) is 0 Å². The Kier molecular flexibility index (Phi) is 2.90. The molecule has 1 aliphatic rings. The number of hydrogen-bond acceptors (Lipinski definition) is 3. The maximum absolute atomic E-state index is 5.45. The van der Waals surface area contributed by atoms with E-state index in [1.807, 2.05) is 41.2 Å². The molecule has 1 atom stereocenters. The number of hydrogen-bond donors (Lipinski definition) is 1. The molecule has 0 saturated carbocycles. The minimum atomic E-state index is 0.265. The van der Waals surface area contributed by atoms with Gasteiger partial charge in [-0.2, -0.15) is 5.10 Å². The molecule has 1 unspecified atom stereocenters. The summed E-state index contributed by atoms with van der Waals surface area (Å²) in [5.74, 6) is 0. The van der Waals surface area contributed by atoms with E-state index in [0.717, 1.165) is 25.4 Å². The number of rotatable bonds is 2. The lowest BCUT2D eigenvalue weighted by Gasteiger charge is -2.22. The Morgan fingerprint density at radius 2 is 2.18 bits per heavy atom. The van der Waals surface area contributed by atoms with E-state index >= 15 is 0 Å². The van der Waals surface area contributed by atoms with Gasteiger partial charge in [-0.3, -0.25) is 0 Å². The largest absolute Gasteiger partial charge is 0.378 e. The first kappa shape index (κ1) is 10.5. The topological polar surface area (TPSA) is 39.1 Å². The van der Waals surface area contributed by atoms with Gasteiger partial charge >= 0.3 is 0 Å². The van der Waals surface area contributed by atoms with Crippen molar-refractivity contribution < 1.29 is 4.74 Å². The molecule has 1 aliphatic heterocycles. The number of para-hydroxylation sites is 1. The molecule has 0 spiro atoms. The van der Waals surface area contributed by atoms with Crippen LogP contribution in [-0.4, -0.2) is 29.5 Å². The summed E-state index contributed by atoms with van der Waals surface area (Å²) in [6.45, 7) is 2.42. The van der Waals surface area contributed by atoms with E-state index < -0.39 is 0 Å². The van der Waals surface area contributed by atoms with Gasteiger partial charge in [0.15, 0.2) is 0 Å². The molecule has 0 radical (unpaired) electrons. The number of benzene rings is 1. The van der Waals surface area contributed by atoms with Crippen LogP contribution in [0.15, 0.2) is 42.7 Å². The molecule has 0 aliphatic carbocycles. The van der Waals surface area contributed by atoms with Crippen molar-refractivity contribution in [1.29, 1.82) is 0 Å². The van der Waals surface area contributed by atoms with Gasteiger partial charge in [-0.15, -0.1) is 0 Å². The van der Waals surface area contributed by atoms with Gasteiger partial charge in [0.05, 0.1) is 31.1 Å². The van der Waals surface area contributed by atoms with Crippen molar-refractivity contribution in [3.63, 3.8) is 0 Å². The maximum Gasteiger partial charge on any atom is 0.0663 e. The molecule has 1 aromatic carbocycles. The fraction of sp³-hybridized carbons (Fsp3) is 0.308. The van der Waals surface area contributed by atoms with Crippen LogP contribution in [0.1, 0.15) is 11.6 Å². The van der Waals surface area contributed by atoms with Crippen LogP contribution in [0.25, 0.3) is 5.69 Å². The van der Waals surface area contributed by atoms with E-state index in [-0.39, 0.29) is 6.04 Å².